The summed E-state index contributed by atoms with van der Waals surface area (Å²) in [5, 5.41) is 1.15. The summed E-state index contributed by atoms with van der Waals surface area (Å²) in [5.74, 6) is 1.59. The Hall–Kier alpha value is -2.64. The fourth-order valence-corrected chi connectivity index (χ4v) is 3.13. The molecule has 0 aliphatic carbocycles. The number of nitrogens with zero attached hydrogens (tertiary/aromatic N) is 1. The van der Waals surface area contributed by atoms with Crippen molar-refractivity contribution in [3.8, 4) is 11.6 Å². The van der Waals surface area contributed by atoms with Gasteiger partial charge < -0.3 is 14.0 Å². The van der Waals surface area contributed by atoms with Gasteiger partial charge in [0.1, 0.15) is 17.2 Å². The van der Waals surface area contributed by atoms with E-state index in [-0.39, 0.29) is 4.90 Å². The number of aryl methyl sites for hydroxylation is 2. The second kappa shape index (κ2) is 9.52. The van der Waals surface area contributed by atoms with E-state index < -0.39 is 10.1 Å². The zero-order chi connectivity index (χ0) is 20.7. The number of hydrogen-bond donors (Lipinski definition) is 0. The van der Waals surface area contributed by atoms with Gasteiger partial charge in [0.15, 0.2) is 0 Å². The molecule has 0 amide bonds. The average molecular weight is 404 g/mol. The SMILES string of the molecule is CCOc1cc2ccccc2[n+](C)c1OCC.Cc1ccc(S(=O)(=O)[O-])cc1. The molecule has 2 aromatic carbocycles. The molecule has 150 valence electrons. The van der Waals surface area contributed by atoms with Crippen molar-refractivity contribution in [3.63, 3.8) is 0 Å². The zero-order valence-corrected chi connectivity index (χ0v) is 17.3. The number of rotatable bonds is 5. The standard InChI is InChI=1S/C14H18NO2.C7H8O3S/c1-4-16-13-10-11-8-6-7-9-12(11)15(3)14(13)17-5-2;1-6-2-4-7(5-3-6)11(8,9)10/h6-10H,4-5H2,1-3H3;2-5H,1H3,(H,8,9,10)/q+1;/p-1. The molecule has 7 heteroatoms. The number of hydrogen-bond acceptors (Lipinski definition) is 5. The van der Waals surface area contributed by atoms with Crippen molar-refractivity contribution in [2.24, 2.45) is 7.05 Å². The molecule has 0 unspecified atom stereocenters. The molecule has 6 nitrogen and oxygen atoms in total. The molecular formula is C21H25NO5S. The highest BCUT2D eigenvalue weighted by atomic mass is 32.2. The number of fused-ring (bicyclic) bond motifs is 1. The molecule has 0 atom stereocenters. The van der Waals surface area contributed by atoms with E-state index in [1.165, 1.54) is 12.1 Å². The van der Waals surface area contributed by atoms with Crippen LogP contribution < -0.4 is 14.0 Å². The number of para-hydroxylation sites is 1. The molecule has 0 aliphatic rings. The van der Waals surface area contributed by atoms with Crippen LogP contribution in [0.4, 0.5) is 0 Å². The Morgan fingerprint density at radius 2 is 1.57 bits per heavy atom. The summed E-state index contributed by atoms with van der Waals surface area (Å²) in [6, 6.07) is 16.0. The van der Waals surface area contributed by atoms with Crippen molar-refractivity contribution in [3.05, 3.63) is 60.2 Å². The summed E-state index contributed by atoms with van der Waals surface area (Å²) in [5.41, 5.74) is 2.07. The minimum atomic E-state index is -4.27. The van der Waals surface area contributed by atoms with E-state index in [1.54, 1.807) is 12.1 Å². The molecule has 0 fully saturated rings. The van der Waals surface area contributed by atoms with Crippen LogP contribution in [0.1, 0.15) is 19.4 Å². The van der Waals surface area contributed by atoms with Crippen LogP contribution in [-0.2, 0) is 17.2 Å². The summed E-state index contributed by atoms with van der Waals surface area (Å²) in [4.78, 5) is -0.178. The third kappa shape index (κ3) is 5.43. The van der Waals surface area contributed by atoms with Crippen molar-refractivity contribution < 1.29 is 27.0 Å². The molecule has 1 heterocycles. The topological polar surface area (TPSA) is 79.5 Å². The lowest BCUT2D eigenvalue weighted by Gasteiger charge is -2.09. The first-order chi connectivity index (χ1) is 13.3. The van der Waals surface area contributed by atoms with Crippen LogP contribution >= 0.6 is 0 Å². The van der Waals surface area contributed by atoms with E-state index in [1.807, 2.05) is 50.6 Å². The van der Waals surface area contributed by atoms with Crippen LogP contribution in [0.25, 0.3) is 10.9 Å². The fourth-order valence-electron chi connectivity index (χ4n) is 2.66. The van der Waals surface area contributed by atoms with Gasteiger partial charge in [0.25, 0.3) is 0 Å². The van der Waals surface area contributed by atoms with E-state index in [0.29, 0.717) is 13.2 Å². The molecular weight excluding hydrogens is 378 g/mol. The maximum atomic E-state index is 10.4. The number of benzene rings is 2. The predicted octanol–water partition coefficient (Wildman–Crippen LogP) is 3.36. The minimum Gasteiger partial charge on any atom is -0.744 e. The summed E-state index contributed by atoms with van der Waals surface area (Å²) < 4.78 is 44.5. The summed E-state index contributed by atoms with van der Waals surface area (Å²) in [6.07, 6.45) is 0. The maximum Gasteiger partial charge on any atom is 0.411 e. The highest BCUT2D eigenvalue weighted by Gasteiger charge is 2.20. The molecule has 3 aromatic rings. The van der Waals surface area contributed by atoms with Crippen molar-refractivity contribution in [1.29, 1.82) is 0 Å². The fraction of sp³-hybridized carbons (Fsp3) is 0.286. The van der Waals surface area contributed by atoms with E-state index in [0.717, 1.165) is 28.1 Å². The minimum absolute atomic E-state index is 0.178. The van der Waals surface area contributed by atoms with E-state index in [2.05, 4.69) is 12.1 Å². The second-order valence-corrected chi connectivity index (χ2v) is 7.44. The summed E-state index contributed by atoms with van der Waals surface area (Å²) in [6.45, 7) is 7.04. The lowest BCUT2D eigenvalue weighted by atomic mass is 10.2. The zero-order valence-electron chi connectivity index (χ0n) is 16.5. The Labute approximate surface area is 166 Å². The Morgan fingerprint density at radius 3 is 2.14 bits per heavy atom. The maximum absolute atomic E-state index is 10.4. The number of ether oxygens (including phenoxy) is 2. The van der Waals surface area contributed by atoms with Crippen LogP contribution in [0.5, 0.6) is 11.6 Å². The quantitative estimate of drug-likeness (QED) is 0.482. The van der Waals surface area contributed by atoms with E-state index >= 15 is 0 Å². The first kappa shape index (κ1) is 21.7. The molecule has 0 radical (unpaired) electrons. The van der Waals surface area contributed by atoms with Gasteiger partial charge in [-0.1, -0.05) is 29.8 Å². The summed E-state index contributed by atoms with van der Waals surface area (Å²) in [7, 11) is -2.27. The van der Waals surface area contributed by atoms with Crippen LogP contribution in [0.3, 0.4) is 0 Å². The Balaban J connectivity index is 0.000000221. The van der Waals surface area contributed by atoms with E-state index in [4.69, 9.17) is 9.47 Å². The monoisotopic (exact) mass is 403 g/mol. The number of aromatic nitrogens is 1. The molecule has 0 bridgehead atoms. The van der Waals surface area contributed by atoms with Crippen molar-refractivity contribution in [2.75, 3.05) is 13.2 Å². The third-order valence-corrected chi connectivity index (χ3v) is 4.84. The normalized spacial score (nSPS) is 10.9. The van der Waals surface area contributed by atoms with Gasteiger partial charge in [0.2, 0.25) is 11.3 Å². The van der Waals surface area contributed by atoms with Gasteiger partial charge in [0.05, 0.1) is 23.5 Å². The molecule has 0 N–H and O–H groups in total. The van der Waals surface area contributed by atoms with Crippen molar-refractivity contribution >= 4 is 21.0 Å². The highest BCUT2D eigenvalue weighted by molar-refractivity contribution is 7.85. The predicted molar refractivity (Wildman–Crippen MR) is 107 cm³/mol. The smallest absolute Gasteiger partial charge is 0.411 e. The second-order valence-electron chi connectivity index (χ2n) is 6.06. The molecule has 0 saturated heterocycles. The summed E-state index contributed by atoms with van der Waals surface area (Å²) >= 11 is 0. The Bertz CT molecular complexity index is 1030. The van der Waals surface area contributed by atoms with Gasteiger partial charge in [-0.05, 0) is 39.0 Å². The van der Waals surface area contributed by atoms with Gasteiger partial charge in [-0.25, -0.2) is 8.42 Å². The first-order valence-electron chi connectivity index (χ1n) is 8.97. The van der Waals surface area contributed by atoms with Gasteiger partial charge in [-0.15, -0.1) is 0 Å². The van der Waals surface area contributed by atoms with Crippen LogP contribution in [0, 0.1) is 6.92 Å². The van der Waals surface area contributed by atoms with Crippen LogP contribution in [0.15, 0.2) is 59.5 Å². The molecule has 1 aromatic heterocycles. The Morgan fingerprint density at radius 1 is 0.964 bits per heavy atom. The number of pyridine rings is 1. The highest BCUT2D eigenvalue weighted by Crippen LogP contribution is 2.27. The molecule has 28 heavy (non-hydrogen) atoms. The third-order valence-electron chi connectivity index (χ3n) is 3.99. The van der Waals surface area contributed by atoms with Gasteiger partial charge in [-0.3, -0.25) is 0 Å². The first-order valence-corrected chi connectivity index (χ1v) is 10.4. The Kier molecular flexibility index (Phi) is 7.37. The lowest BCUT2D eigenvalue weighted by Crippen LogP contribution is -2.32. The molecule has 0 spiro atoms. The molecule has 0 aliphatic heterocycles. The van der Waals surface area contributed by atoms with Crippen molar-refractivity contribution in [2.45, 2.75) is 25.7 Å². The molecule has 3 rings (SSSR count). The van der Waals surface area contributed by atoms with E-state index in [9.17, 15) is 13.0 Å². The largest absolute Gasteiger partial charge is 0.744 e. The van der Waals surface area contributed by atoms with Crippen LogP contribution in [-0.4, -0.2) is 26.2 Å². The molecule has 0 saturated carbocycles. The van der Waals surface area contributed by atoms with Gasteiger partial charge in [0, 0.05) is 12.1 Å². The van der Waals surface area contributed by atoms with Gasteiger partial charge in [-0.2, -0.15) is 4.57 Å². The van der Waals surface area contributed by atoms with Gasteiger partial charge >= 0.3 is 5.88 Å². The lowest BCUT2D eigenvalue weighted by molar-refractivity contribution is -0.651. The van der Waals surface area contributed by atoms with Crippen molar-refractivity contribution in [1.82, 2.24) is 0 Å². The average Bonchev–Trinajstić information content (AvgIpc) is 2.65. The van der Waals surface area contributed by atoms with Crippen LogP contribution in [0.2, 0.25) is 0 Å².